The fourth-order valence-electron chi connectivity index (χ4n) is 5.61. The van der Waals surface area contributed by atoms with Crippen molar-refractivity contribution in [3.63, 3.8) is 0 Å². The highest BCUT2D eigenvalue weighted by atomic mass is 16.5. The van der Waals surface area contributed by atoms with Crippen molar-refractivity contribution in [3.05, 3.63) is 198 Å². The predicted octanol–water partition coefficient (Wildman–Crippen LogP) is 9.43. The molecule has 8 rings (SSSR count). The summed E-state index contributed by atoms with van der Waals surface area (Å²) in [5.41, 5.74) is 5.81. The van der Waals surface area contributed by atoms with Crippen LogP contribution in [-0.2, 0) is 9.47 Å². The topological polar surface area (TPSA) is 234 Å². The van der Waals surface area contributed by atoms with E-state index in [1.165, 1.54) is 56.2 Å². The van der Waals surface area contributed by atoms with E-state index in [0.29, 0.717) is 52.2 Å². The Bertz CT molecular complexity index is 2860. The number of methoxy groups -OCH3 is 2. The van der Waals surface area contributed by atoms with E-state index in [0.717, 1.165) is 22.4 Å². The van der Waals surface area contributed by atoms with Crippen molar-refractivity contribution in [2.24, 2.45) is 0 Å². The molecule has 0 fully saturated rings. The van der Waals surface area contributed by atoms with Crippen LogP contribution in [0.4, 0.5) is 0 Å². The number of aryl methyl sites for hydroxylation is 4. The molecular formula is C53H52N10O9. The maximum atomic E-state index is 11.4. The highest BCUT2D eigenvalue weighted by molar-refractivity contribution is 5.92. The van der Waals surface area contributed by atoms with Crippen LogP contribution in [0.25, 0.3) is 5.76 Å². The zero-order valence-electron chi connectivity index (χ0n) is 40.8. The summed E-state index contributed by atoms with van der Waals surface area (Å²) in [6.07, 6.45) is 5.28. The van der Waals surface area contributed by atoms with E-state index in [-0.39, 0.29) is 28.9 Å². The Morgan fingerprint density at radius 1 is 0.403 bits per heavy atom. The second-order valence-electron chi connectivity index (χ2n) is 14.9. The smallest absolute Gasteiger partial charge is 0.356 e. The number of nitrogens with zero attached hydrogens (tertiary/aromatic N) is 8. The zero-order valence-corrected chi connectivity index (χ0v) is 40.8. The number of benzene rings is 4. The summed E-state index contributed by atoms with van der Waals surface area (Å²) < 4.78 is 31.9. The van der Waals surface area contributed by atoms with E-state index < -0.39 is 5.97 Å². The average Bonchev–Trinajstić information content (AvgIpc) is 3.40. The summed E-state index contributed by atoms with van der Waals surface area (Å²) in [5.74, 6) is 3.59. The number of esters is 1. The lowest BCUT2D eigenvalue weighted by Gasteiger charge is -2.07. The third-order valence-electron chi connectivity index (χ3n) is 9.32. The minimum Gasteiger partial charge on any atom is -0.495 e. The number of nitrogens with one attached hydrogen (secondary N) is 2. The quantitative estimate of drug-likeness (QED) is 0.0808. The van der Waals surface area contributed by atoms with Crippen LogP contribution in [0.2, 0.25) is 0 Å². The molecule has 4 aromatic carbocycles. The zero-order chi connectivity index (χ0) is 51.8. The van der Waals surface area contributed by atoms with E-state index in [2.05, 4.69) is 61.8 Å². The van der Waals surface area contributed by atoms with Crippen molar-refractivity contribution < 1.29 is 42.8 Å². The number of carbonyl (C=O) groups excluding carboxylic acids is 3. The number of rotatable bonds is 13. The van der Waals surface area contributed by atoms with Crippen LogP contribution in [0.5, 0.6) is 46.5 Å². The molecule has 0 aliphatic carbocycles. The Kier molecular flexibility index (Phi) is 20.3. The molecule has 368 valence electrons. The molecule has 19 heteroatoms. The molecule has 0 unspecified atom stereocenters. The molecule has 8 aromatic rings. The maximum Gasteiger partial charge on any atom is 0.356 e. The van der Waals surface area contributed by atoms with Crippen molar-refractivity contribution >= 4 is 23.5 Å². The molecule has 0 saturated heterocycles. The fourth-order valence-corrected chi connectivity index (χ4v) is 5.61. The average molecular weight is 973 g/mol. The van der Waals surface area contributed by atoms with Crippen molar-refractivity contribution in [1.29, 1.82) is 0 Å². The highest BCUT2D eigenvalue weighted by Gasteiger charge is 2.11. The number of amides is 2. The molecule has 4 aromatic heterocycles. The predicted molar refractivity (Wildman–Crippen MR) is 267 cm³/mol. The number of carbonyl (C=O) groups is 3. The lowest BCUT2D eigenvalue weighted by atomic mass is 10.2. The van der Waals surface area contributed by atoms with Gasteiger partial charge < -0.3 is 39.1 Å². The van der Waals surface area contributed by atoms with Gasteiger partial charge in [-0.1, -0.05) is 66.2 Å². The van der Waals surface area contributed by atoms with Gasteiger partial charge in [0, 0.05) is 38.4 Å². The molecule has 0 atom stereocenters. The van der Waals surface area contributed by atoms with E-state index in [4.69, 9.17) is 23.7 Å². The third kappa shape index (κ3) is 17.5. The Hall–Kier alpha value is -9.65. The molecule has 72 heavy (non-hydrogen) atoms. The highest BCUT2D eigenvalue weighted by Crippen LogP contribution is 2.24. The Labute approximate surface area is 416 Å². The molecule has 0 spiro atoms. The lowest BCUT2D eigenvalue weighted by molar-refractivity contribution is 0.0593. The van der Waals surface area contributed by atoms with Crippen molar-refractivity contribution in [2.75, 3.05) is 28.3 Å². The molecule has 19 nitrogen and oxygen atoms in total. The van der Waals surface area contributed by atoms with Gasteiger partial charge in [-0.2, -0.15) is 0 Å². The van der Waals surface area contributed by atoms with Gasteiger partial charge in [0.05, 0.1) is 14.2 Å². The number of hydrogen-bond acceptors (Lipinski definition) is 17. The molecule has 0 radical (unpaired) electrons. The first-order valence-electron chi connectivity index (χ1n) is 21.8. The van der Waals surface area contributed by atoms with Gasteiger partial charge >= 0.3 is 5.97 Å². The van der Waals surface area contributed by atoms with Gasteiger partial charge in [0.1, 0.15) is 71.1 Å². The Morgan fingerprint density at radius 2 is 0.750 bits per heavy atom. The molecule has 0 bridgehead atoms. The van der Waals surface area contributed by atoms with E-state index in [1.54, 1.807) is 27.3 Å². The maximum absolute atomic E-state index is 11.4. The van der Waals surface area contributed by atoms with E-state index in [9.17, 15) is 14.4 Å². The minimum atomic E-state index is -0.522. The van der Waals surface area contributed by atoms with Gasteiger partial charge in [-0.25, -0.2) is 44.7 Å². The van der Waals surface area contributed by atoms with Crippen LogP contribution < -0.4 is 29.6 Å². The van der Waals surface area contributed by atoms with Crippen molar-refractivity contribution in [2.45, 2.75) is 27.7 Å². The SMILES string of the molecule is C=C(OC)c1cc(Oc2ccc(C)cc2)ncn1.CNC(=O)c1cc(Oc2ccc(C)cc2)ncn1.CNC(=O)c1cc(Oc2cccc(C)c2)ncn1.COC(=O)c1cc(Oc2cccc(C)c2)ncn1. The molecule has 0 saturated carbocycles. The van der Waals surface area contributed by atoms with Gasteiger partial charge in [-0.15, -0.1) is 0 Å². The summed E-state index contributed by atoms with van der Waals surface area (Å²) in [6.45, 7) is 11.7. The fraction of sp³-hybridized carbons (Fsp3) is 0.151. The van der Waals surface area contributed by atoms with Crippen LogP contribution in [0.3, 0.4) is 0 Å². The number of ether oxygens (including phenoxy) is 6. The molecule has 4 heterocycles. The summed E-state index contributed by atoms with van der Waals surface area (Å²) in [6, 6.07) is 36.6. The summed E-state index contributed by atoms with van der Waals surface area (Å²) in [4.78, 5) is 65.6. The molecule has 2 N–H and O–H groups in total. The minimum absolute atomic E-state index is 0.162. The van der Waals surface area contributed by atoms with Crippen LogP contribution >= 0.6 is 0 Å². The van der Waals surface area contributed by atoms with E-state index >= 15 is 0 Å². The monoisotopic (exact) mass is 972 g/mol. The largest absolute Gasteiger partial charge is 0.495 e. The van der Waals surface area contributed by atoms with Crippen LogP contribution in [0.15, 0.2) is 153 Å². The van der Waals surface area contributed by atoms with Gasteiger partial charge in [-0.05, 0) is 87.4 Å². The lowest BCUT2D eigenvalue weighted by Crippen LogP contribution is -2.19. The molecular weight excluding hydrogens is 921 g/mol. The summed E-state index contributed by atoms with van der Waals surface area (Å²) in [7, 11) is 5.94. The number of hydrogen-bond donors (Lipinski definition) is 2. The normalized spacial score (nSPS) is 9.89. The van der Waals surface area contributed by atoms with Gasteiger partial charge in [-0.3, -0.25) is 9.59 Å². The first kappa shape index (κ1) is 53.3. The second kappa shape index (κ2) is 27.4. The first-order valence-corrected chi connectivity index (χ1v) is 21.8. The van der Waals surface area contributed by atoms with Crippen molar-refractivity contribution in [1.82, 2.24) is 50.5 Å². The Balaban J connectivity index is 0.000000178. The molecule has 0 aliphatic rings. The standard InChI is InChI=1S/C14H14N2O2.2C13H13N3O2.C13H12N2O3/c1-10-4-6-12(7-5-10)18-14-8-13(11(2)17-3)15-9-16-14;1-9-3-5-10(6-4-9)18-12-7-11(13(17)14-2)15-8-16-12;1-9-4-3-5-10(6-9)18-12-7-11(13(17)14-2)15-8-16-12;1-9-4-3-5-10(6-9)18-12-7-11(13(16)17-2)14-8-15-12/h4-9H,2H2,1,3H3;2*3-8H,1-2H3,(H,14,17);3-8H,1-2H3. The van der Waals surface area contributed by atoms with Crippen LogP contribution in [0.1, 0.15) is 59.4 Å². The van der Waals surface area contributed by atoms with Crippen molar-refractivity contribution in [3.8, 4) is 46.5 Å². The summed E-state index contributed by atoms with van der Waals surface area (Å²) in [5, 5.41) is 4.99. The third-order valence-corrected chi connectivity index (χ3v) is 9.32. The van der Waals surface area contributed by atoms with Gasteiger partial charge in [0.2, 0.25) is 23.5 Å². The number of aromatic nitrogens is 8. The van der Waals surface area contributed by atoms with Crippen LogP contribution in [0, 0.1) is 27.7 Å². The van der Waals surface area contributed by atoms with Gasteiger partial charge in [0.25, 0.3) is 11.8 Å². The molecule has 0 aliphatic heterocycles. The first-order chi connectivity index (χ1) is 34.7. The molecule has 2 amide bonds. The van der Waals surface area contributed by atoms with Gasteiger partial charge in [0.15, 0.2) is 5.69 Å². The Morgan fingerprint density at radius 3 is 1.11 bits per heavy atom. The summed E-state index contributed by atoms with van der Waals surface area (Å²) >= 11 is 0. The second-order valence-corrected chi connectivity index (χ2v) is 14.9. The van der Waals surface area contributed by atoms with E-state index in [1.807, 2.05) is 125 Å². The van der Waals surface area contributed by atoms with Crippen LogP contribution in [-0.4, -0.2) is 86.0 Å².